The highest BCUT2D eigenvalue weighted by Gasteiger charge is 2.01. The maximum Gasteiger partial charge on any atom is 0.188 e. The molecule has 74 valence electrons. The first kappa shape index (κ1) is 11.9. The second-order valence-electron chi connectivity index (χ2n) is 2.87. The van der Waals surface area contributed by atoms with Gasteiger partial charge in [0.2, 0.25) is 0 Å². The zero-order chi connectivity index (χ0) is 9.23. The molecule has 3 heteroatoms. The van der Waals surface area contributed by atoms with E-state index < -0.39 is 6.29 Å². The molecule has 1 N–H and O–H groups in total. The Morgan fingerprint density at radius 3 is 2.50 bits per heavy atom. The van der Waals surface area contributed by atoms with Gasteiger partial charge in [0.05, 0.1) is 6.61 Å². The standard InChI is InChI=1S/C9H20O3/c1-3-5-6-8-11-12-9(10)7-4-2/h9-10H,3-8H2,1-2H3. The molecule has 12 heavy (non-hydrogen) atoms. The van der Waals surface area contributed by atoms with Crippen LogP contribution in [0.3, 0.4) is 0 Å². The summed E-state index contributed by atoms with van der Waals surface area (Å²) in [6.07, 6.45) is 4.09. The van der Waals surface area contributed by atoms with Crippen LogP contribution in [0.2, 0.25) is 0 Å². The van der Waals surface area contributed by atoms with Gasteiger partial charge in [0.25, 0.3) is 0 Å². The van der Waals surface area contributed by atoms with E-state index in [-0.39, 0.29) is 0 Å². The van der Waals surface area contributed by atoms with Crippen molar-refractivity contribution in [2.24, 2.45) is 0 Å². The minimum atomic E-state index is -0.753. The van der Waals surface area contributed by atoms with E-state index in [0.717, 1.165) is 19.3 Å². The number of hydrogen-bond acceptors (Lipinski definition) is 3. The van der Waals surface area contributed by atoms with Crippen molar-refractivity contribution in [3.8, 4) is 0 Å². The van der Waals surface area contributed by atoms with Crippen LogP contribution in [0.15, 0.2) is 0 Å². The molecular weight excluding hydrogens is 156 g/mol. The van der Waals surface area contributed by atoms with E-state index in [1.54, 1.807) is 0 Å². The zero-order valence-corrected chi connectivity index (χ0v) is 8.08. The average Bonchev–Trinajstić information content (AvgIpc) is 2.05. The fourth-order valence-corrected chi connectivity index (χ4v) is 0.833. The third-order valence-electron chi connectivity index (χ3n) is 1.55. The molecule has 0 rings (SSSR count). The van der Waals surface area contributed by atoms with Gasteiger partial charge in [-0.3, -0.25) is 0 Å². The molecule has 0 aromatic rings. The van der Waals surface area contributed by atoms with Gasteiger partial charge in [-0.25, -0.2) is 9.78 Å². The molecule has 0 aliphatic carbocycles. The van der Waals surface area contributed by atoms with E-state index in [1.165, 1.54) is 6.42 Å². The van der Waals surface area contributed by atoms with Crippen molar-refractivity contribution in [1.29, 1.82) is 0 Å². The summed E-state index contributed by atoms with van der Waals surface area (Å²) in [5.41, 5.74) is 0. The van der Waals surface area contributed by atoms with Crippen LogP contribution >= 0.6 is 0 Å². The molecule has 0 saturated heterocycles. The molecular formula is C9H20O3. The molecule has 0 heterocycles. The maximum atomic E-state index is 9.06. The number of aliphatic hydroxyl groups is 1. The number of hydrogen-bond donors (Lipinski definition) is 1. The minimum absolute atomic E-state index is 0.578. The topological polar surface area (TPSA) is 38.7 Å². The molecule has 0 aromatic carbocycles. The third kappa shape index (κ3) is 7.98. The Morgan fingerprint density at radius 1 is 1.17 bits per heavy atom. The fraction of sp³-hybridized carbons (Fsp3) is 1.00. The van der Waals surface area contributed by atoms with Gasteiger partial charge in [0.1, 0.15) is 0 Å². The van der Waals surface area contributed by atoms with Crippen LogP contribution in [0.25, 0.3) is 0 Å². The second-order valence-corrected chi connectivity index (χ2v) is 2.87. The van der Waals surface area contributed by atoms with E-state index in [0.29, 0.717) is 13.0 Å². The monoisotopic (exact) mass is 176 g/mol. The van der Waals surface area contributed by atoms with Gasteiger partial charge in [0.15, 0.2) is 6.29 Å². The van der Waals surface area contributed by atoms with Crippen molar-refractivity contribution in [2.45, 2.75) is 52.2 Å². The predicted octanol–water partition coefficient (Wildman–Crippen LogP) is 2.24. The lowest BCUT2D eigenvalue weighted by Crippen LogP contribution is -2.12. The Labute approximate surface area is 74.6 Å². The molecule has 0 bridgehead atoms. The third-order valence-corrected chi connectivity index (χ3v) is 1.55. The van der Waals surface area contributed by atoms with Crippen LogP contribution in [0.1, 0.15) is 46.0 Å². The van der Waals surface area contributed by atoms with Crippen LogP contribution < -0.4 is 0 Å². The van der Waals surface area contributed by atoms with E-state index in [1.807, 2.05) is 6.92 Å². The van der Waals surface area contributed by atoms with Crippen LogP contribution in [-0.4, -0.2) is 18.0 Å². The SMILES string of the molecule is CCCCCOOC(O)CCC. The van der Waals surface area contributed by atoms with Crippen LogP contribution in [-0.2, 0) is 9.78 Å². The Bertz CT molecular complexity index is 85.8. The van der Waals surface area contributed by atoms with E-state index in [2.05, 4.69) is 11.8 Å². The molecule has 0 aromatic heterocycles. The lowest BCUT2D eigenvalue weighted by Gasteiger charge is -2.08. The van der Waals surface area contributed by atoms with Gasteiger partial charge in [-0.05, 0) is 6.42 Å². The van der Waals surface area contributed by atoms with Crippen LogP contribution in [0.4, 0.5) is 0 Å². The highest BCUT2D eigenvalue weighted by Crippen LogP contribution is 2.00. The molecule has 0 saturated carbocycles. The van der Waals surface area contributed by atoms with Crippen LogP contribution in [0, 0.1) is 0 Å². The Morgan fingerprint density at radius 2 is 1.92 bits per heavy atom. The van der Waals surface area contributed by atoms with E-state index in [4.69, 9.17) is 9.99 Å². The van der Waals surface area contributed by atoms with Gasteiger partial charge in [-0.2, -0.15) is 0 Å². The quantitative estimate of drug-likeness (QED) is 0.267. The summed E-state index contributed by atoms with van der Waals surface area (Å²) in [6.45, 7) is 4.70. The lowest BCUT2D eigenvalue weighted by atomic mass is 10.3. The Hall–Kier alpha value is -0.120. The summed E-state index contributed by atoms with van der Waals surface area (Å²) >= 11 is 0. The summed E-state index contributed by atoms with van der Waals surface area (Å²) < 4.78 is 0. The van der Waals surface area contributed by atoms with Gasteiger partial charge in [-0.15, -0.1) is 0 Å². The van der Waals surface area contributed by atoms with Gasteiger partial charge < -0.3 is 5.11 Å². The smallest absolute Gasteiger partial charge is 0.188 e. The van der Waals surface area contributed by atoms with E-state index >= 15 is 0 Å². The number of unbranched alkanes of at least 4 members (excludes halogenated alkanes) is 2. The average molecular weight is 176 g/mol. The summed E-state index contributed by atoms with van der Waals surface area (Å²) in [5.74, 6) is 0. The number of rotatable bonds is 8. The largest absolute Gasteiger partial charge is 0.366 e. The number of aliphatic hydroxyl groups excluding tert-OH is 1. The van der Waals surface area contributed by atoms with Crippen molar-refractivity contribution in [3.05, 3.63) is 0 Å². The second kappa shape index (κ2) is 8.97. The first-order valence-electron chi connectivity index (χ1n) is 4.77. The van der Waals surface area contributed by atoms with Gasteiger partial charge >= 0.3 is 0 Å². The lowest BCUT2D eigenvalue weighted by molar-refractivity contribution is -0.370. The fourth-order valence-electron chi connectivity index (χ4n) is 0.833. The zero-order valence-electron chi connectivity index (χ0n) is 8.08. The van der Waals surface area contributed by atoms with Crippen molar-refractivity contribution in [2.75, 3.05) is 6.61 Å². The molecule has 0 aliphatic heterocycles. The summed E-state index contributed by atoms with van der Waals surface area (Å²) in [4.78, 5) is 9.48. The maximum absolute atomic E-state index is 9.06. The summed E-state index contributed by atoms with van der Waals surface area (Å²) in [6, 6.07) is 0. The van der Waals surface area contributed by atoms with Gasteiger partial charge in [0, 0.05) is 6.42 Å². The first-order valence-corrected chi connectivity index (χ1v) is 4.77. The molecule has 0 amide bonds. The highest BCUT2D eigenvalue weighted by atomic mass is 17.2. The normalized spacial score (nSPS) is 13.2. The predicted molar refractivity (Wildman–Crippen MR) is 47.5 cm³/mol. The molecule has 0 aliphatic rings. The van der Waals surface area contributed by atoms with Crippen molar-refractivity contribution in [3.63, 3.8) is 0 Å². The molecule has 1 atom stereocenters. The van der Waals surface area contributed by atoms with Gasteiger partial charge in [-0.1, -0.05) is 33.1 Å². The first-order chi connectivity index (χ1) is 5.81. The van der Waals surface area contributed by atoms with Crippen LogP contribution in [0.5, 0.6) is 0 Å². The Kier molecular flexibility index (Phi) is 8.88. The minimum Gasteiger partial charge on any atom is -0.366 e. The molecule has 0 spiro atoms. The molecule has 3 nitrogen and oxygen atoms in total. The Balaban J connectivity index is 2.97. The van der Waals surface area contributed by atoms with Crippen molar-refractivity contribution >= 4 is 0 Å². The van der Waals surface area contributed by atoms with Crippen molar-refractivity contribution < 1.29 is 14.9 Å². The summed E-state index contributed by atoms with van der Waals surface area (Å²) in [5, 5.41) is 9.06. The summed E-state index contributed by atoms with van der Waals surface area (Å²) in [7, 11) is 0. The van der Waals surface area contributed by atoms with E-state index in [9.17, 15) is 0 Å². The molecule has 1 unspecified atom stereocenters. The molecule has 0 radical (unpaired) electrons. The van der Waals surface area contributed by atoms with Crippen molar-refractivity contribution in [1.82, 2.24) is 0 Å². The highest BCUT2D eigenvalue weighted by molar-refractivity contribution is 4.35. The molecule has 0 fully saturated rings.